The molecule has 0 spiro atoms. The molecule has 0 fully saturated rings. The normalized spacial score (nSPS) is 4.86. The molecule has 0 saturated carbocycles. The van der Waals surface area contributed by atoms with Crippen LogP contribution in [0.5, 0.6) is 0 Å². The summed E-state index contributed by atoms with van der Waals surface area (Å²) in [4.78, 5) is 0. The van der Waals surface area contributed by atoms with E-state index in [1.54, 1.807) is 0 Å². The predicted octanol–water partition coefficient (Wildman–Crippen LogP) is -2.71. The predicted molar refractivity (Wildman–Crippen MR) is 30.6 cm³/mol. The van der Waals surface area contributed by atoms with Gasteiger partial charge in [0.1, 0.15) is 0 Å². The van der Waals surface area contributed by atoms with Crippen molar-refractivity contribution >= 4 is 46.9 Å². The molecular weight excluding hydrogens is 312 g/mol. The number of hydrogen-bond donors (Lipinski definition) is 2. The van der Waals surface area contributed by atoms with E-state index in [0.717, 1.165) is 0 Å². The summed E-state index contributed by atoms with van der Waals surface area (Å²) in [7, 11) is 0. The van der Waals surface area contributed by atoms with E-state index >= 15 is 0 Å². The Morgan fingerprint density at radius 3 is 1.29 bits per heavy atom. The third-order valence-corrected chi connectivity index (χ3v) is 0.1000. The summed E-state index contributed by atoms with van der Waals surface area (Å²) in [6.45, 7) is -0.250. The first kappa shape index (κ1) is 15.8. The van der Waals surface area contributed by atoms with Crippen molar-refractivity contribution in [2.75, 3.05) is 13.2 Å². The Morgan fingerprint density at radius 2 is 1.29 bits per heavy atom. The Labute approximate surface area is 73.0 Å². The van der Waals surface area contributed by atoms with Gasteiger partial charge in [-0.15, -0.1) is 0 Å². The fraction of sp³-hybridized carbons (Fsp3) is 1.00. The molecule has 5 heteroatoms. The summed E-state index contributed by atoms with van der Waals surface area (Å²) in [6.07, 6.45) is 0. The first-order valence-electron chi connectivity index (χ1n) is 1.34. The fourth-order valence-electron chi connectivity index (χ4n) is 0. The van der Waals surface area contributed by atoms with Gasteiger partial charge in [-0.3, -0.25) is 0 Å². The number of rotatable bonds is 1. The monoisotopic (exact) mass is 322 g/mol. The Hall–Kier alpha value is 1.34. The molecule has 3 nitrogen and oxygen atoms in total. The maximum absolute atomic E-state index is 8.34. The molecule has 0 aromatic heterocycles. The van der Waals surface area contributed by atoms with Crippen LogP contribution in [-0.2, 0) is 3.08 Å². The van der Waals surface area contributed by atoms with Gasteiger partial charge in [0.05, 0.1) is 13.2 Å². The van der Waals surface area contributed by atoms with E-state index in [2.05, 4.69) is 0 Å². The molecule has 0 aromatic rings. The summed E-state index contributed by atoms with van der Waals surface area (Å²) in [5, 5.41) is 15.2. The van der Waals surface area contributed by atoms with Gasteiger partial charge in [-0.05, 0) is 0 Å². The van der Waals surface area contributed by atoms with Gasteiger partial charge in [0.25, 0.3) is 0 Å². The van der Waals surface area contributed by atoms with E-state index in [-0.39, 0.29) is 37.6 Å². The van der Waals surface area contributed by atoms with Crippen LogP contribution >= 0.6 is 0 Å². The molecule has 0 aliphatic heterocycles. The van der Waals surface area contributed by atoms with E-state index in [0.29, 0.717) is 22.5 Å². The minimum absolute atomic E-state index is 0. The zero-order valence-electron chi connectivity index (χ0n) is 3.92. The molecule has 0 rings (SSSR count). The molecule has 2 N–H and O–H groups in total. The summed E-state index contributed by atoms with van der Waals surface area (Å²) in [5.41, 5.74) is 0. The van der Waals surface area contributed by atoms with E-state index < -0.39 is 0 Å². The fourth-order valence-corrected chi connectivity index (χ4v) is 0. The van der Waals surface area contributed by atoms with Crippen LogP contribution in [0.4, 0.5) is 0 Å². The van der Waals surface area contributed by atoms with Crippen LogP contribution in [0.15, 0.2) is 0 Å². The Kier molecular flexibility index (Phi) is 59.6. The van der Waals surface area contributed by atoms with Crippen LogP contribution in [-0.4, -0.2) is 70.4 Å². The first-order chi connectivity index (χ1) is 2.91. The molecule has 0 unspecified atom stereocenters. The summed E-state index contributed by atoms with van der Waals surface area (Å²) < 4.78 is 8.34. The molecule has 44 valence electrons. The summed E-state index contributed by atoms with van der Waals surface area (Å²) >= 11 is 0.300. The molecule has 2 radical (unpaired) electrons. The van der Waals surface area contributed by atoms with Gasteiger partial charge in [-0.25, -0.2) is 0 Å². The third-order valence-electron chi connectivity index (χ3n) is 0.1000. The standard InChI is InChI=1S/C2H6O2.O.Sb.Sn.3H/c3-1-2-4;;;;;;/h3-4H,1-2H2;;;;;;. The van der Waals surface area contributed by atoms with Crippen molar-refractivity contribution in [1.29, 1.82) is 0 Å². The van der Waals surface area contributed by atoms with Gasteiger partial charge in [0.15, 0.2) is 0 Å². The van der Waals surface area contributed by atoms with Gasteiger partial charge in [-0.2, -0.15) is 0 Å². The Bertz CT molecular complexity index is 20.4. The van der Waals surface area contributed by atoms with Crippen molar-refractivity contribution in [3.63, 3.8) is 0 Å². The van der Waals surface area contributed by atoms with Crippen LogP contribution in [0, 0.1) is 0 Å². The second kappa shape index (κ2) is 26.5. The van der Waals surface area contributed by atoms with Crippen molar-refractivity contribution < 1.29 is 13.3 Å². The molecule has 0 aliphatic rings. The zero-order chi connectivity index (χ0) is 5.41. The molecule has 0 aromatic carbocycles. The van der Waals surface area contributed by atoms with Crippen LogP contribution in [0.3, 0.4) is 0 Å². The third kappa shape index (κ3) is 38.3. The molecule has 0 bridgehead atoms. The second-order valence-electron chi connectivity index (χ2n) is 0.447. The number of aliphatic hydroxyl groups is 2. The molecule has 0 aliphatic carbocycles. The van der Waals surface area contributed by atoms with E-state index in [1.165, 1.54) is 0 Å². The second-order valence-corrected chi connectivity index (χ2v) is 0.447. The van der Waals surface area contributed by atoms with Gasteiger partial charge in [-0.1, -0.05) is 0 Å². The Morgan fingerprint density at radius 1 is 1.14 bits per heavy atom. The van der Waals surface area contributed by atoms with Crippen molar-refractivity contribution in [3.05, 3.63) is 0 Å². The van der Waals surface area contributed by atoms with Gasteiger partial charge >= 0.3 is 50.0 Å². The molecule has 0 saturated heterocycles. The molecule has 0 heterocycles. The van der Waals surface area contributed by atoms with Crippen LogP contribution < -0.4 is 0 Å². The van der Waals surface area contributed by atoms with Crippen molar-refractivity contribution in [2.45, 2.75) is 0 Å². The van der Waals surface area contributed by atoms with Gasteiger partial charge < -0.3 is 10.2 Å². The van der Waals surface area contributed by atoms with Crippen molar-refractivity contribution in [1.82, 2.24) is 0 Å². The van der Waals surface area contributed by atoms with Crippen LogP contribution in [0.25, 0.3) is 0 Å². The van der Waals surface area contributed by atoms with Gasteiger partial charge in [0, 0.05) is 0 Å². The van der Waals surface area contributed by atoms with E-state index in [9.17, 15) is 0 Å². The van der Waals surface area contributed by atoms with Crippen molar-refractivity contribution in [3.8, 4) is 0 Å². The zero-order valence-corrected chi connectivity index (χ0v) is 10.8. The average molecular weight is 322 g/mol. The minimum atomic E-state index is -0.125. The molecule has 0 amide bonds. The maximum atomic E-state index is 8.34. The summed E-state index contributed by atoms with van der Waals surface area (Å²) in [6, 6.07) is 0. The van der Waals surface area contributed by atoms with E-state index in [4.69, 9.17) is 13.3 Å². The molecular formula is C2H9O3SbSn. The number of hydrogen-bond acceptors (Lipinski definition) is 3. The topological polar surface area (TPSA) is 57.5 Å². The first-order valence-corrected chi connectivity index (χ1v) is 2.50. The quantitative estimate of drug-likeness (QED) is 0.516. The molecule has 0 atom stereocenters. The van der Waals surface area contributed by atoms with Gasteiger partial charge in [0.2, 0.25) is 0 Å². The van der Waals surface area contributed by atoms with E-state index in [1.807, 2.05) is 0 Å². The average Bonchev–Trinajstić information content (AvgIpc) is 1.72. The van der Waals surface area contributed by atoms with Crippen LogP contribution in [0.1, 0.15) is 0 Å². The number of aliphatic hydroxyl groups excluding tert-OH is 2. The summed E-state index contributed by atoms with van der Waals surface area (Å²) in [5.74, 6) is 0. The van der Waals surface area contributed by atoms with Crippen LogP contribution in [0.2, 0.25) is 0 Å². The molecule has 7 heavy (non-hydrogen) atoms. The Balaban J connectivity index is -0.0000000480. The van der Waals surface area contributed by atoms with Crippen molar-refractivity contribution in [2.24, 2.45) is 0 Å². The SMILES string of the molecule is OCCO.[O]=[Sn].[SbH3].